The zero-order valence-corrected chi connectivity index (χ0v) is 12.7. The Balaban J connectivity index is 1.53. The minimum Gasteiger partial charge on any atom is -0.354 e. The van der Waals surface area contributed by atoms with Crippen LogP contribution in [0.5, 0.6) is 0 Å². The molecule has 0 aromatic heterocycles. The van der Waals surface area contributed by atoms with Crippen LogP contribution in [0.4, 0.5) is 13.2 Å². The maximum Gasteiger partial charge on any atom is 0.405 e. The number of fused-ring (bicyclic) bond motifs is 1. The highest BCUT2D eigenvalue weighted by atomic mass is 19.4. The third-order valence-electron chi connectivity index (χ3n) is 5.40. The predicted octanol–water partition coefficient (Wildman–Crippen LogP) is 1.37. The van der Waals surface area contributed by atoms with E-state index in [-0.39, 0.29) is 18.4 Å². The van der Waals surface area contributed by atoms with Crippen molar-refractivity contribution in [2.75, 3.05) is 32.7 Å². The third-order valence-corrected chi connectivity index (χ3v) is 5.40. The first-order valence-electron chi connectivity index (χ1n) is 8.27. The van der Waals surface area contributed by atoms with Gasteiger partial charge in [-0.3, -0.25) is 9.69 Å². The second-order valence-electron chi connectivity index (χ2n) is 6.73. The summed E-state index contributed by atoms with van der Waals surface area (Å²) in [5.74, 6) is 0.662. The SMILES string of the molecule is O=C(NCC(N1CCNCC1)C(F)(F)F)C1C2CCCCC21. The molecular formula is C15H24F3N3O. The first-order valence-corrected chi connectivity index (χ1v) is 8.27. The minimum absolute atomic E-state index is 0.0283. The molecule has 0 aromatic rings. The van der Waals surface area contributed by atoms with Gasteiger partial charge in [-0.2, -0.15) is 13.2 Å². The molecule has 2 saturated carbocycles. The quantitative estimate of drug-likeness (QED) is 0.823. The lowest BCUT2D eigenvalue weighted by Crippen LogP contribution is -2.57. The average Bonchev–Trinajstić information content (AvgIpc) is 3.21. The molecule has 22 heavy (non-hydrogen) atoms. The van der Waals surface area contributed by atoms with Gasteiger partial charge in [-0.15, -0.1) is 0 Å². The maximum absolute atomic E-state index is 13.3. The summed E-state index contributed by atoms with van der Waals surface area (Å²) in [6.07, 6.45) is 0.112. The van der Waals surface area contributed by atoms with E-state index in [9.17, 15) is 18.0 Å². The average molecular weight is 319 g/mol. The number of hydrogen-bond donors (Lipinski definition) is 2. The fourth-order valence-electron chi connectivity index (χ4n) is 4.14. The van der Waals surface area contributed by atoms with Crippen molar-refractivity contribution >= 4 is 5.91 Å². The van der Waals surface area contributed by atoms with Crippen LogP contribution in [0.2, 0.25) is 0 Å². The van der Waals surface area contributed by atoms with Gasteiger partial charge >= 0.3 is 6.18 Å². The molecule has 126 valence electrons. The van der Waals surface area contributed by atoms with Crippen molar-refractivity contribution in [2.45, 2.75) is 37.9 Å². The van der Waals surface area contributed by atoms with Crippen molar-refractivity contribution in [1.82, 2.24) is 15.5 Å². The molecular weight excluding hydrogens is 295 g/mol. The van der Waals surface area contributed by atoms with Gasteiger partial charge in [0.2, 0.25) is 5.91 Å². The molecule has 3 unspecified atom stereocenters. The monoisotopic (exact) mass is 319 g/mol. The number of piperazine rings is 1. The molecule has 4 nitrogen and oxygen atoms in total. The second-order valence-corrected chi connectivity index (χ2v) is 6.73. The molecule has 0 aromatic carbocycles. The number of amides is 1. The first kappa shape index (κ1) is 16.1. The van der Waals surface area contributed by atoms with Crippen LogP contribution in [-0.2, 0) is 4.79 Å². The second kappa shape index (κ2) is 6.35. The molecule has 1 heterocycles. The van der Waals surface area contributed by atoms with E-state index in [1.54, 1.807) is 0 Å². The number of rotatable bonds is 4. The van der Waals surface area contributed by atoms with Crippen molar-refractivity contribution in [3.8, 4) is 0 Å². The molecule has 0 bridgehead atoms. The molecule has 1 amide bonds. The van der Waals surface area contributed by atoms with Crippen LogP contribution < -0.4 is 10.6 Å². The summed E-state index contributed by atoms with van der Waals surface area (Å²) < 4.78 is 39.8. The van der Waals surface area contributed by atoms with Gasteiger partial charge in [0, 0.05) is 38.6 Å². The van der Waals surface area contributed by atoms with E-state index in [1.807, 2.05) is 0 Å². The van der Waals surface area contributed by atoms with Crippen LogP contribution in [0, 0.1) is 17.8 Å². The topological polar surface area (TPSA) is 44.4 Å². The summed E-state index contributed by atoms with van der Waals surface area (Å²) in [7, 11) is 0. The maximum atomic E-state index is 13.3. The van der Waals surface area contributed by atoms with Gasteiger partial charge < -0.3 is 10.6 Å². The van der Waals surface area contributed by atoms with E-state index in [0.29, 0.717) is 38.0 Å². The number of hydrogen-bond acceptors (Lipinski definition) is 3. The summed E-state index contributed by atoms with van der Waals surface area (Å²) in [6.45, 7) is 1.54. The number of halogens is 3. The molecule has 0 radical (unpaired) electrons. The number of nitrogens with one attached hydrogen (secondary N) is 2. The summed E-state index contributed by atoms with van der Waals surface area (Å²) >= 11 is 0. The summed E-state index contributed by atoms with van der Waals surface area (Å²) in [5, 5.41) is 5.64. The van der Waals surface area contributed by atoms with E-state index in [4.69, 9.17) is 0 Å². The molecule has 3 aliphatic rings. The Hall–Kier alpha value is -0.820. The number of alkyl halides is 3. The van der Waals surface area contributed by atoms with Gasteiger partial charge in [0.15, 0.2) is 0 Å². The van der Waals surface area contributed by atoms with Crippen molar-refractivity contribution in [3.05, 3.63) is 0 Å². The molecule has 2 N–H and O–H groups in total. The molecule has 7 heteroatoms. The summed E-state index contributed by atoms with van der Waals surface area (Å²) in [6, 6.07) is -1.57. The van der Waals surface area contributed by atoms with Crippen molar-refractivity contribution in [2.24, 2.45) is 17.8 Å². The predicted molar refractivity (Wildman–Crippen MR) is 76.2 cm³/mol. The van der Waals surface area contributed by atoms with E-state index in [0.717, 1.165) is 25.7 Å². The van der Waals surface area contributed by atoms with Crippen LogP contribution in [0.1, 0.15) is 25.7 Å². The van der Waals surface area contributed by atoms with Crippen molar-refractivity contribution < 1.29 is 18.0 Å². The van der Waals surface area contributed by atoms with Crippen molar-refractivity contribution in [1.29, 1.82) is 0 Å². The smallest absolute Gasteiger partial charge is 0.354 e. The molecule has 3 atom stereocenters. The first-order chi connectivity index (χ1) is 10.5. The lowest BCUT2D eigenvalue weighted by atomic mass is 10.0. The third kappa shape index (κ3) is 3.40. The standard InChI is InChI=1S/C15H24F3N3O/c16-15(17,18)12(21-7-5-19-6-8-21)9-20-14(22)13-10-3-1-2-4-11(10)13/h10-13,19H,1-9H2,(H,20,22). The highest BCUT2D eigenvalue weighted by molar-refractivity contribution is 5.82. The fourth-order valence-corrected chi connectivity index (χ4v) is 4.14. The highest BCUT2D eigenvalue weighted by Crippen LogP contribution is 2.55. The number of carbonyl (C=O) groups is 1. The molecule has 1 saturated heterocycles. The lowest BCUT2D eigenvalue weighted by molar-refractivity contribution is -0.184. The lowest BCUT2D eigenvalue weighted by Gasteiger charge is -2.35. The fraction of sp³-hybridized carbons (Fsp3) is 0.933. The van der Waals surface area contributed by atoms with Crippen molar-refractivity contribution in [3.63, 3.8) is 0 Å². The molecule has 3 fully saturated rings. The molecule has 1 aliphatic heterocycles. The van der Waals surface area contributed by atoms with Crippen LogP contribution >= 0.6 is 0 Å². The van der Waals surface area contributed by atoms with E-state index in [1.165, 1.54) is 4.90 Å². The largest absolute Gasteiger partial charge is 0.405 e. The van der Waals surface area contributed by atoms with Gasteiger partial charge in [0.05, 0.1) is 0 Å². The van der Waals surface area contributed by atoms with E-state index < -0.39 is 12.2 Å². The van der Waals surface area contributed by atoms with E-state index >= 15 is 0 Å². The van der Waals surface area contributed by atoms with Gasteiger partial charge in [-0.05, 0) is 24.7 Å². The normalized spacial score (nSPS) is 33.9. The summed E-state index contributed by atoms with van der Waals surface area (Å²) in [4.78, 5) is 13.6. The van der Waals surface area contributed by atoms with Crippen LogP contribution in [-0.4, -0.2) is 55.7 Å². The van der Waals surface area contributed by atoms with Gasteiger partial charge in [0.25, 0.3) is 0 Å². The van der Waals surface area contributed by atoms with E-state index in [2.05, 4.69) is 10.6 Å². The Kier molecular flexibility index (Phi) is 4.64. The Morgan fingerprint density at radius 1 is 1.18 bits per heavy atom. The minimum atomic E-state index is -4.30. The highest BCUT2D eigenvalue weighted by Gasteiger charge is 2.55. The zero-order valence-electron chi connectivity index (χ0n) is 12.7. The number of nitrogens with zero attached hydrogens (tertiary/aromatic N) is 1. The summed E-state index contributed by atoms with van der Waals surface area (Å²) in [5.41, 5.74) is 0. The van der Waals surface area contributed by atoms with Gasteiger partial charge in [-0.1, -0.05) is 12.8 Å². The van der Waals surface area contributed by atoms with Crippen LogP contribution in [0.25, 0.3) is 0 Å². The molecule has 3 rings (SSSR count). The Morgan fingerprint density at radius 3 is 2.32 bits per heavy atom. The van der Waals surface area contributed by atoms with Gasteiger partial charge in [0.1, 0.15) is 6.04 Å². The van der Waals surface area contributed by atoms with Crippen LogP contribution in [0.3, 0.4) is 0 Å². The zero-order chi connectivity index (χ0) is 15.7. The Labute approximate surface area is 128 Å². The Morgan fingerprint density at radius 2 is 1.77 bits per heavy atom. The Bertz CT molecular complexity index is 397. The van der Waals surface area contributed by atoms with Crippen LogP contribution in [0.15, 0.2) is 0 Å². The number of carbonyl (C=O) groups excluding carboxylic acids is 1. The molecule has 0 spiro atoms. The van der Waals surface area contributed by atoms with Gasteiger partial charge in [-0.25, -0.2) is 0 Å². The molecule has 2 aliphatic carbocycles.